The Hall–Kier alpha value is -2.44. The number of amides is 1. The molecule has 1 atom stereocenters. The number of carbonyl (C=O) groups is 1. The molecular weight excluding hydrogens is 431 g/mol. The van der Waals surface area contributed by atoms with Gasteiger partial charge < -0.3 is 19.6 Å². The number of aliphatic hydroxyl groups excluding tert-OH is 1. The number of ether oxygens (including phenoxy) is 1. The monoisotopic (exact) mass is 466 g/mol. The molecule has 1 amide bonds. The van der Waals surface area contributed by atoms with Gasteiger partial charge in [0, 0.05) is 25.2 Å². The molecule has 1 unspecified atom stereocenters. The van der Waals surface area contributed by atoms with Gasteiger partial charge in [0.05, 0.1) is 12.7 Å². The standard InChI is InChI=1S/C28H35FN2O3/c29-28(13-1-14-28)20-30-15-10-21(11-16-30)19-34-26-8-6-23(7-9-26)22-2-4-24(5-3-22)27(33)31-17-12-25(32)18-31/h2-9,21,25,32H,1,10-20H2. The number of hydrogen-bond acceptors (Lipinski definition) is 4. The maximum Gasteiger partial charge on any atom is 0.253 e. The van der Waals surface area contributed by atoms with E-state index in [2.05, 4.69) is 4.90 Å². The number of rotatable bonds is 7. The van der Waals surface area contributed by atoms with Crippen LogP contribution in [-0.2, 0) is 0 Å². The third kappa shape index (κ3) is 5.44. The minimum Gasteiger partial charge on any atom is -0.493 e. The van der Waals surface area contributed by atoms with Crippen LogP contribution in [0.25, 0.3) is 11.1 Å². The Balaban J connectivity index is 1.09. The quantitative estimate of drug-likeness (QED) is 0.651. The van der Waals surface area contributed by atoms with Crippen LogP contribution in [-0.4, -0.2) is 71.9 Å². The molecule has 5 nitrogen and oxygen atoms in total. The second-order valence-corrected chi connectivity index (χ2v) is 10.3. The van der Waals surface area contributed by atoms with Crippen LogP contribution in [0.15, 0.2) is 48.5 Å². The van der Waals surface area contributed by atoms with E-state index in [1.165, 1.54) is 0 Å². The lowest BCUT2D eigenvalue weighted by atomic mass is 9.81. The summed E-state index contributed by atoms with van der Waals surface area (Å²) < 4.78 is 20.4. The minimum atomic E-state index is -0.918. The van der Waals surface area contributed by atoms with E-state index in [4.69, 9.17) is 4.74 Å². The second kappa shape index (κ2) is 10.0. The Morgan fingerprint density at radius 1 is 0.971 bits per heavy atom. The minimum absolute atomic E-state index is 0.0232. The summed E-state index contributed by atoms with van der Waals surface area (Å²) in [5.41, 5.74) is 1.86. The Kier molecular flexibility index (Phi) is 6.89. The van der Waals surface area contributed by atoms with E-state index in [-0.39, 0.29) is 5.91 Å². The van der Waals surface area contributed by atoms with Crippen LogP contribution in [0.1, 0.15) is 48.9 Å². The van der Waals surface area contributed by atoms with Crippen molar-refractivity contribution in [3.63, 3.8) is 0 Å². The van der Waals surface area contributed by atoms with Crippen molar-refractivity contribution in [1.29, 1.82) is 0 Å². The molecule has 2 saturated heterocycles. The van der Waals surface area contributed by atoms with Gasteiger partial charge in [0.25, 0.3) is 5.91 Å². The molecule has 0 radical (unpaired) electrons. The Bertz CT molecular complexity index is 966. The number of hydrogen-bond donors (Lipinski definition) is 1. The number of likely N-dealkylation sites (tertiary alicyclic amines) is 2. The molecule has 2 aromatic carbocycles. The maximum absolute atomic E-state index is 14.4. The van der Waals surface area contributed by atoms with Crippen molar-refractivity contribution in [2.45, 2.75) is 50.3 Å². The molecular formula is C28H35FN2O3. The maximum atomic E-state index is 14.4. The van der Waals surface area contributed by atoms with Crippen LogP contribution >= 0.6 is 0 Å². The molecule has 5 rings (SSSR count). The molecule has 2 aromatic rings. The van der Waals surface area contributed by atoms with Crippen molar-refractivity contribution in [3.8, 4) is 16.9 Å². The number of piperidine rings is 1. The number of benzene rings is 2. The lowest BCUT2D eigenvalue weighted by molar-refractivity contribution is 0.00740. The number of alkyl halides is 1. The van der Waals surface area contributed by atoms with E-state index in [9.17, 15) is 14.3 Å². The zero-order valence-corrected chi connectivity index (χ0v) is 19.8. The topological polar surface area (TPSA) is 53.0 Å². The van der Waals surface area contributed by atoms with Crippen LogP contribution in [0.5, 0.6) is 5.75 Å². The van der Waals surface area contributed by atoms with Crippen molar-refractivity contribution in [1.82, 2.24) is 9.80 Å². The largest absolute Gasteiger partial charge is 0.493 e. The molecule has 2 aliphatic heterocycles. The number of β-amino-alcohol motifs (C(OH)–C–C–N with tert-alkyl or cyclic N) is 1. The number of halogens is 1. The third-order valence-electron chi connectivity index (χ3n) is 7.72. The third-order valence-corrected chi connectivity index (χ3v) is 7.72. The predicted molar refractivity (Wildman–Crippen MR) is 131 cm³/mol. The van der Waals surface area contributed by atoms with Gasteiger partial charge in [0.1, 0.15) is 11.4 Å². The van der Waals surface area contributed by atoms with Crippen molar-refractivity contribution < 1.29 is 19.0 Å². The molecule has 3 fully saturated rings. The molecule has 3 aliphatic rings. The lowest BCUT2D eigenvalue weighted by Gasteiger charge is -2.41. The summed E-state index contributed by atoms with van der Waals surface area (Å²) in [6, 6.07) is 15.7. The molecule has 6 heteroatoms. The average molecular weight is 467 g/mol. The van der Waals surface area contributed by atoms with Gasteiger partial charge >= 0.3 is 0 Å². The summed E-state index contributed by atoms with van der Waals surface area (Å²) in [5, 5.41) is 9.66. The van der Waals surface area contributed by atoms with Crippen molar-refractivity contribution in [3.05, 3.63) is 54.1 Å². The van der Waals surface area contributed by atoms with Crippen LogP contribution in [0, 0.1) is 5.92 Å². The van der Waals surface area contributed by atoms with Gasteiger partial charge in [-0.1, -0.05) is 24.3 Å². The highest BCUT2D eigenvalue weighted by Gasteiger charge is 2.39. The summed E-state index contributed by atoms with van der Waals surface area (Å²) in [4.78, 5) is 16.6. The molecule has 1 N–H and O–H groups in total. The van der Waals surface area contributed by atoms with Crippen LogP contribution < -0.4 is 4.74 Å². The molecule has 34 heavy (non-hydrogen) atoms. The van der Waals surface area contributed by atoms with Crippen molar-refractivity contribution in [2.75, 3.05) is 39.3 Å². The van der Waals surface area contributed by atoms with E-state index >= 15 is 0 Å². The van der Waals surface area contributed by atoms with Crippen molar-refractivity contribution >= 4 is 5.91 Å². The van der Waals surface area contributed by atoms with Crippen LogP contribution in [0.4, 0.5) is 4.39 Å². The fraction of sp³-hybridized carbons (Fsp3) is 0.536. The highest BCUT2D eigenvalue weighted by atomic mass is 19.1. The first-order chi connectivity index (χ1) is 16.5. The number of nitrogens with zero attached hydrogens (tertiary/aromatic N) is 2. The van der Waals surface area contributed by atoms with Gasteiger partial charge in [-0.2, -0.15) is 0 Å². The van der Waals surface area contributed by atoms with E-state index in [1.807, 2.05) is 48.5 Å². The molecule has 0 spiro atoms. The first kappa shape index (κ1) is 23.3. The summed E-state index contributed by atoms with van der Waals surface area (Å²) in [6.07, 6.45) is 4.88. The Morgan fingerprint density at radius 3 is 2.18 bits per heavy atom. The van der Waals surface area contributed by atoms with Gasteiger partial charge in [0.15, 0.2) is 0 Å². The van der Waals surface area contributed by atoms with Crippen LogP contribution in [0.2, 0.25) is 0 Å². The van der Waals surface area contributed by atoms with E-state index in [0.29, 0.717) is 44.1 Å². The van der Waals surface area contributed by atoms with Gasteiger partial charge in [-0.05, 0) is 92.9 Å². The number of carbonyl (C=O) groups excluding carboxylic acids is 1. The van der Waals surface area contributed by atoms with Gasteiger partial charge in [-0.3, -0.25) is 4.79 Å². The highest BCUT2D eigenvalue weighted by Crippen LogP contribution is 2.37. The lowest BCUT2D eigenvalue weighted by Crippen LogP contribution is -2.47. The molecule has 1 aliphatic carbocycles. The van der Waals surface area contributed by atoms with Crippen molar-refractivity contribution in [2.24, 2.45) is 5.92 Å². The SMILES string of the molecule is O=C(c1ccc(-c2ccc(OCC3CCN(CC4(F)CCC4)CC3)cc2)cc1)N1CCC(O)C1. The van der Waals surface area contributed by atoms with E-state index in [0.717, 1.165) is 62.1 Å². The number of aliphatic hydroxyl groups is 1. The molecule has 0 bridgehead atoms. The van der Waals surface area contributed by atoms with Crippen LogP contribution in [0.3, 0.4) is 0 Å². The molecule has 2 heterocycles. The zero-order valence-electron chi connectivity index (χ0n) is 19.8. The smallest absolute Gasteiger partial charge is 0.253 e. The van der Waals surface area contributed by atoms with Gasteiger partial charge in [-0.15, -0.1) is 0 Å². The summed E-state index contributed by atoms with van der Waals surface area (Å²) in [5.74, 6) is 1.36. The molecule has 182 valence electrons. The first-order valence-electron chi connectivity index (χ1n) is 12.7. The Morgan fingerprint density at radius 2 is 1.62 bits per heavy atom. The Labute approximate surface area is 201 Å². The summed E-state index contributed by atoms with van der Waals surface area (Å²) in [6.45, 7) is 4.28. The first-order valence-corrected chi connectivity index (χ1v) is 12.7. The molecule has 1 saturated carbocycles. The predicted octanol–water partition coefficient (Wildman–Crippen LogP) is 4.54. The van der Waals surface area contributed by atoms with Gasteiger partial charge in [-0.25, -0.2) is 4.39 Å². The van der Waals surface area contributed by atoms with Gasteiger partial charge in [0.2, 0.25) is 0 Å². The van der Waals surface area contributed by atoms with E-state index in [1.54, 1.807) is 4.90 Å². The fourth-order valence-electron chi connectivity index (χ4n) is 5.30. The second-order valence-electron chi connectivity index (χ2n) is 10.3. The fourth-order valence-corrected chi connectivity index (χ4v) is 5.30. The molecule has 0 aromatic heterocycles. The average Bonchev–Trinajstić information content (AvgIpc) is 3.29. The highest BCUT2D eigenvalue weighted by molar-refractivity contribution is 5.95. The van der Waals surface area contributed by atoms with E-state index < -0.39 is 11.8 Å². The summed E-state index contributed by atoms with van der Waals surface area (Å²) in [7, 11) is 0. The zero-order chi connectivity index (χ0) is 23.5. The summed E-state index contributed by atoms with van der Waals surface area (Å²) >= 11 is 0. The normalized spacial score (nSPS) is 23.0.